The summed E-state index contributed by atoms with van der Waals surface area (Å²) in [4.78, 5) is 0. The smallest absolute Gasteiger partial charge is 0.0526 e. The van der Waals surface area contributed by atoms with E-state index in [-0.39, 0.29) is 12.1 Å². The lowest BCUT2D eigenvalue weighted by molar-refractivity contribution is 0.168. The zero-order valence-corrected chi connectivity index (χ0v) is 13.5. The Bertz CT molecular complexity index is 368. The third kappa shape index (κ3) is 5.08. The van der Waals surface area contributed by atoms with Gasteiger partial charge in [-0.1, -0.05) is 37.9 Å². The molecule has 0 fully saturated rings. The lowest BCUT2D eigenvalue weighted by atomic mass is 10.1. The third-order valence-electron chi connectivity index (χ3n) is 2.66. The summed E-state index contributed by atoms with van der Waals surface area (Å²) in [6.45, 7) is 6.04. The summed E-state index contributed by atoms with van der Waals surface area (Å²) in [7, 11) is 0. The zero-order chi connectivity index (χ0) is 13.0. The second-order valence-corrected chi connectivity index (χ2v) is 6.31. The molecule has 0 aromatic heterocycles. The molecule has 2 nitrogen and oxygen atoms in total. The molecule has 1 aromatic rings. The molecule has 1 aromatic carbocycles. The van der Waals surface area contributed by atoms with Crippen molar-refractivity contribution < 1.29 is 5.11 Å². The van der Waals surface area contributed by atoms with Gasteiger partial charge in [0.25, 0.3) is 0 Å². The van der Waals surface area contributed by atoms with Crippen LogP contribution >= 0.6 is 31.9 Å². The standard InChI is InChI=1S/C13H19Br2NO/c1-8(6-9(2)17)16-10(3)12-5-4-11(14)7-13(12)15/h4-5,7-10,16-17H,6H2,1-3H3. The van der Waals surface area contributed by atoms with E-state index in [9.17, 15) is 5.11 Å². The minimum absolute atomic E-state index is 0.256. The van der Waals surface area contributed by atoms with Crippen LogP contribution in [-0.4, -0.2) is 17.3 Å². The van der Waals surface area contributed by atoms with Gasteiger partial charge < -0.3 is 10.4 Å². The summed E-state index contributed by atoms with van der Waals surface area (Å²) in [5, 5.41) is 12.8. The van der Waals surface area contributed by atoms with E-state index in [1.165, 1.54) is 5.56 Å². The fourth-order valence-corrected chi connectivity index (χ4v) is 3.34. The number of hydrogen-bond donors (Lipinski definition) is 2. The molecule has 0 heterocycles. The molecule has 3 atom stereocenters. The molecular formula is C13H19Br2NO. The molecule has 0 bridgehead atoms. The molecule has 2 N–H and O–H groups in total. The minimum Gasteiger partial charge on any atom is -0.393 e. The predicted molar refractivity (Wildman–Crippen MR) is 79.2 cm³/mol. The number of rotatable bonds is 5. The van der Waals surface area contributed by atoms with E-state index < -0.39 is 0 Å². The Kier molecular flexibility index (Phi) is 6.13. The molecular weight excluding hydrogens is 346 g/mol. The Hall–Kier alpha value is 0.1000. The van der Waals surface area contributed by atoms with E-state index in [1.807, 2.05) is 19.1 Å². The van der Waals surface area contributed by atoms with Crippen LogP contribution in [0, 0.1) is 0 Å². The van der Waals surface area contributed by atoms with Crippen LogP contribution in [-0.2, 0) is 0 Å². The fourth-order valence-electron chi connectivity index (χ4n) is 1.95. The third-order valence-corrected chi connectivity index (χ3v) is 3.84. The summed E-state index contributed by atoms with van der Waals surface area (Å²) >= 11 is 7.01. The van der Waals surface area contributed by atoms with Crippen LogP contribution in [0.2, 0.25) is 0 Å². The zero-order valence-electron chi connectivity index (χ0n) is 10.4. The van der Waals surface area contributed by atoms with Crippen molar-refractivity contribution in [2.45, 2.75) is 45.4 Å². The Morgan fingerprint density at radius 2 is 1.88 bits per heavy atom. The van der Waals surface area contributed by atoms with Crippen molar-refractivity contribution in [1.29, 1.82) is 0 Å². The molecule has 1 rings (SSSR count). The Morgan fingerprint density at radius 1 is 1.24 bits per heavy atom. The van der Waals surface area contributed by atoms with Gasteiger partial charge in [0, 0.05) is 21.0 Å². The Morgan fingerprint density at radius 3 is 2.41 bits per heavy atom. The van der Waals surface area contributed by atoms with E-state index in [0.29, 0.717) is 6.04 Å². The Labute approximate surface area is 120 Å². The van der Waals surface area contributed by atoms with E-state index in [1.54, 1.807) is 0 Å². The van der Waals surface area contributed by atoms with Crippen LogP contribution in [0.5, 0.6) is 0 Å². The number of nitrogens with one attached hydrogen (secondary N) is 1. The highest BCUT2D eigenvalue weighted by Gasteiger charge is 2.13. The maximum atomic E-state index is 9.34. The average Bonchev–Trinajstić information content (AvgIpc) is 2.15. The highest BCUT2D eigenvalue weighted by atomic mass is 79.9. The molecule has 0 aliphatic rings. The van der Waals surface area contributed by atoms with Crippen LogP contribution in [0.3, 0.4) is 0 Å². The monoisotopic (exact) mass is 363 g/mol. The van der Waals surface area contributed by atoms with Crippen LogP contribution in [0.1, 0.15) is 38.8 Å². The molecule has 4 heteroatoms. The summed E-state index contributed by atoms with van der Waals surface area (Å²) < 4.78 is 2.16. The number of benzene rings is 1. The summed E-state index contributed by atoms with van der Waals surface area (Å²) in [5.74, 6) is 0. The molecule has 0 aliphatic heterocycles. The maximum Gasteiger partial charge on any atom is 0.0526 e. The lowest BCUT2D eigenvalue weighted by Crippen LogP contribution is -2.31. The minimum atomic E-state index is -0.266. The number of hydrogen-bond acceptors (Lipinski definition) is 2. The van der Waals surface area contributed by atoms with E-state index in [4.69, 9.17) is 0 Å². The van der Waals surface area contributed by atoms with Crippen molar-refractivity contribution in [3.8, 4) is 0 Å². The first-order chi connectivity index (χ1) is 7.90. The average molecular weight is 365 g/mol. The van der Waals surface area contributed by atoms with Gasteiger partial charge >= 0.3 is 0 Å². The van der Waals surface area contributed by atoms with Gasteiger partial charge in [-0.15, -0.1) is 0 Å². The molecule has 0 saturated carbocycles. The SMILES string of the molecule is CC(O)CC(C)NC(C)c1ccc(Br)cc1Br. The quantitative estimate of drug-likeness (QED) is 0.826. The first-order valence-electron chi connectivity index (χ1n) is 5.79. The van der Waals surface area contributed by atoms with E-state index in [2.05, 4.69) is 57.1 Å². The summed E-state index contributed by atoms with van der Waals surface area (Å²) in [6, 6.07) is 6.73. The fraction of sp³-hybridized carbons (Fsp3) is 0.538. The van der Waals surface area contributed by atoms with Gasteiger partial charge in [0.1, 0.15) is 0 Å². The van der Waals surface area contributed by atoms with Gasteiger partial charge in [-0.3, -0.25) is 0 Å². The predicted octanol–water partition coefficient (Wildman–Crippen LogP) is 4.02. The number of aliphatic hydroxyl groups excluding tert-OH is 1. The largest absolute Gasteiger partial charge is 0.393 e. The molecule has 3 unspecified atom stereocenters. The summed E-state index contributed by atoms with van der Waals surface area (Å²) in [6.07, 6.45) is 0.497. The first-order valence-corrected chi connectivity index (χ1v) is 7.37. The summed E-state index contributed by atoms with van der Waals surface area (Å²) in [5.41, 5.74) is 1.23. The number of halogens is 2. The van der Waals surface area contributed by atoms with Crippen molar-refractivity contribution in [1.82, 2.24) is 5.32 Å². The number of aliphatic hydroxyl groups is 1. The van der Waals surface area contributed by atoms with Gasteiger partial charge in [-0.2, -0.15) is 0 Å². The Balaban J connectivity index is 2.66. The molecule has 0 amide bonds. The molecule has 17 heavy (non-hydrogen) atoms. The van der Waals surface area contributed by atoms with Crippen LogP contribution in [0.4, 0.5) is 0 Å². The molecule has 96 valence electrons. The topological polar surface area (TPSA) is 32.3 Å². The van der Waals surface area contributed by atoms with Gasteiger partial charge in [0.15, 0.2) is 0 Å². The van der Waals surface area contributed by atoms with Gasteiger partial charge in [0.05, 0.1) is 6.10 Å². The molecule has 0 radical (unpaired) electrons. The van der Waals surface area contributed by atoms with E-state index in [0.717, 1.165) is 15.4 Å². The van der Waals surface area contributed by atoms with Crippen molar-refractivity contribution in [2.75, 3.05) is 0 Å². The van der Waals surface area contributed by atoms with Crippen molar-refractivity contribution in [2.24, 2.45) is 0 Å². The lowest BCUT2D eigenvalue weighted by Gasteiger charge is -2.22. The molecule has 0 spiro atoms. The van der Waals surface area contributed by atoms with Crippen LogP contribution < -0.4 is 5.32 Å². The second-order valence-electron chi connectivity index (χ2n) is 4.54. The van der Waals surface area contributed by atoms with Crippen molar-refractivity contribution in [3.05, 3.63) is 32.7 Å². The second kappa shape index (κ2) is 6.88. The highest BCUT2D eigenvalue weighted by molar-refractivity contribution is 9.11. The van der Waals surface area contributed by atoms with Crippen LogP contribution in [0.25, 0.3) is 0 Å². The van der Waals surface area contributed by atoms with Gasteiger partial charge in [-0.05, 0) is 44.9 Å². The normalized spacial score (nSPS) is 16.6. The van der Waals surface area contributed by atoms with E-state index >= 15 is 0 Å². The first kappa shape index (κ1) is 15.2. The molecule has 0 aliphatic carbocycles. The highest BCUT2D eigenvalue weighted by Crippen LogP contribution is 2.27. The van der Waals surface area contributed by atoms with Gasteiger partial charge in [0.2, 0.25) is 0 Å². The van der Waals surface area contributed by atoms with Gasteiger partial charge in [-0.25, -0.2) is 0 Å². The molecule has 0 saturated heterocycles. The maximum absolute atomic E-state index is 9.34. The van der Waals surface area contributed by atoms with Crippen LogP contribution in [0.15, 0.2) is 27.1 Å². The van der Waals surface area contributed by atoms with Crippen molar-refractivity contribution in [3.63, 3.8) is 0 Å². The van der Waals surface area contributed by atoms with Crippen molar-refractivity contribution >= 4 is 31.9 Å².